The standard InChI is InChI=1S/C11H10ClN3O/c12-8-4-3-7(6-9(8)13)16-10-2-1-5-15-11(10)14/h1-6H,13H2,(H2,14,15). The van der Waals surface area contributed by atoms with E-state index in [0.717, 1.165) is 0 Å². The number of nitrogen functional groups attached to an aromatic ring is 2. The third-order valence-electron chi connectivity index (χ3n) is 2.00. The van der Waals surface area contributed by atoms with Crippen LogP contribution in [0.25, 0.3) is 0 Å². The van der Waals surface area contributed by atoms with Gasteiger partial charge in [-0.25, -0.2) is 4.98 Å². The first-order valence-electron chi connectivity index (χ1n) is 4.60. The van der Waals surface area contributed by atoms with Crippen LogP contribution in [0.5, 0.6) is 11.5 Å². The minimum Gasteiger partial charge on any atom is -0.453 e. The summed E-state index contributed by atoms with van der Waals surface area (Å²) in [5.41, 5.74) is 11.8. The van der Waals surface area contributed by atoms with Gasteiger partial charge in [0, 0.05) is 12.3 Å². The largest absolute Gasteiger partial charge is 0.453 e. The average Bonchev–Trinajstić information content (AvgIpc) is 2.27. The molecule has 1 heterocycles. The van der Waals surface area contributed by atoms with Crippen LogP contribution in [-0.4, -0.2) is 4.98 Å². The molecule has 0 spiro atoms. The van der Waals surface area contributed by atoms with E-state index in [9.17, 15) is 0 Å². The first-order valence-corrected chi connectivity index (χ1v) is 4.98. The molecule has 0 amide bonds. The van der Waals surface area contributed by atoms with Crippen LogP contribution in [0.2, 0.25) is 5.02 Å². The Morgan fingerprint density at radius 2 is 2.00 bits per heavy atom. The fraction of sp³-hybridized carbons (Fsp3) is 0. The topological polar surface area (TPSA) is 74.2 Å². The number of anilines is 2. The maximum atomic E-state index is 5.80. The van der Waals surface area contributed by atoms with Gasteiger partial charge in [-0.15, -0.1) is 0 Å². The lowest BCUT2D eigenvalue weighted by molar-refractivity contribution is 0.483. The Bertz CT molecular complexity index is 516. The van der Waals surface area contributed by atoms with E-state index < -0.39 is 0 Å². The molecule has 2 aromatic rings. The van der Waals surface area contributed by atoms with Crippen molar-refractivity contribution in [1.29, 1.82) is 0 Å². The Kier molecular flexibility index (Phi) is 2.83. The van der Waals surface area contributed by atoms with Crippen molar-refractivity contribution in [3.05, 3.63) is 41.6 Å². The molecule has 2 rings (SSSR count). The second-order valence-electron chi connectivity index (χ2n) is 3.17. The van der Waals surface area contributed by atoms with Crippen molar-refractivity contribution >= 4 is 23.1 Å². The Labute approximate surface area is 97.8 Å². The molecule has 0 bridgehead atoms. The van der Waals surface area contributed by atoms with Crippen molar-refractivity contribution in [2.24, 2.45) is 0 Å². The minimum atomic E-state index is 0.330. The molecule has 0 saturated heterocycles. The van der Waals surface area contributed by atoms with Gasteiger partial charge in [-0.3, -0.25) is 0 Å². The van der Waals surface area contributed by atoms with Crippen LogP contribution in [0.15, 0.2) is 36.5 Å². The Morgan fingerprint density at radius 1 is 1.19 bits per heavy atom. The van der Waals surface area contributed by atoms with Crippen LogP contribution in [0.3, 0.4) is 0 Å². The molecule has 0 unspecified atom stereocenters. The number of hydrogen-bond acceptors (Lipinski definition) is 4. The van der Waals surface area contributed by atoms with Crippen molar-refractivity contribution in [3.8, 4) is 11.5 Å². The van der Waals surface area contributed by atoms with E-state index in [2.05, 4.69) is 4.98 Å². The molecule has 0 atom stereocenters. The second kappa shape index (κ2) is 4.28. The van der Waals surface area contributed by atoms with Gasteiger partial charge in [0.2, 0.25) is 0 Å². The summed E-state index contributed by atoms with van der Waals surface area (Å²) in [7, 11) is 0. The molecule has 0 aliphatic rings. The number of aromatic nitrogens is 1. The lowest BCUT2D eigenvalue weighted by atomic mass is 10.3. The summed E-state index contributed by atoms with van der Waals surface area (Å²) in [6.07, 6.45) is 1.60. The highest BCUT2D eigenvalue weighted by atomic mass is 35.5. The molecule has 1 aromatic heterocycles. The number of ether oxygens (including phenoxy) is 1. The molecule has 0 aliphatic heterocycles. The van der Waals surface area contributed by atoms with Crippen LogP contribution >= 0.6 is 11.6 Å². The third-order valence-corrected chi connectivity index (χ3v) is 2.34. The predicted octanol–water partition coefficient (Wildman–Crippen LogP) is 2.69. The van der Waals surface area contributed by atoms with Gasteiger partial charge in [0.1, 0.15) is 5.75 Å². The summed E-state index contributed by atoms with van der Waals surface area (Å²) in [4.78, 5) is 3.91. The van der Waals surface area contributed by atoms with Crippen LogP contribution < -0.4 is 16.2 Å². The molecule has 16 heavy (non-hydrogen) atoms. The molecule has 4 N–H and O–H groups in total. The van der Waals surface area contributed by atoms with E-state index in [1.54, 1.807) is 36.5 Å². The zero-order chi connectivity index (χ0) is 11.5. The summed E-state index contributed by atoms with van der Waals surface area (Å²) >= 11 is 5.80. The Morgan fingerprint density at radius 3 is 2.69 bits per heavy atom. The fourth-order valence-electron chi connectivity index (χ4n) is 1.20. The summed E-state index contributed by atoms with van der Waals surface area (Å²) in [6.45, 7) is 0. The van der Waals surface area contributed by atoms with Crippen molar-refractivity contribution in [2.45, 2.75) is 0 Å². The molecule has 82 valence electrons. The molecular formula is C11H10ClN3O. The molecule has 0 saturated carbocycles. The maximum Gasteiger partial charge on any atom is 0.169 e. The van der Waals surface area contributed by atoms with E-state index in [-0.39, 0.29) is 0 Å². The van der Waals surface area contributed by atoms with Crippen LogP contribution in [0.4, 0.5) is 11.5 Å². The number of nitrogens with zero attached hydrogens (tertiary/aromatic N) is 1. The van der Waals surface area contributed by atoms with Gasteiger partial charge in [0.05, 0.1) is 10.7 Å². The fourth-order valence-corrected chi connectivity index (χ4v) is 1.32. The normalized spacial score (nSPS) is 10.1. The monoisotopic (exact) mass is 235 g/mol. The van der Waals surface area contributed by atoms with E-state index in [1.807, 2.05) is 0 Å². The molecule has 5 heteroatoms. The number of hydrogen-bond donors (Lipinski definition) is 2. The second-order valence-corrected chi connectivity index (χ2v) is 3.58. The van der Waals surface area contributed by atoms with Gasteiger partial charge in [-0.1, -0.05) is 11.6 Å². The van der Waals surface area contributed by atoms with Crippen molar-refractivity contribution in [3.63, 3.8) is 0 Å². The molecule has 0 fully saturated rings. The lowest BCUT2D eigenvalue weighted by Crippen LogP contribution is -1.95. The average molecular weight is 236 g/mol. The SMILES string of the molecule is Nc1cc(Oc2cccnc2N)ccc1Cl. The highest BCUT2D eigenvalue weighted by Crippen LogP contribution is 2.29. The molecular weight excluding hydrogens is 226 g/mol. The highest BCUT2D eigenvalue weighted by molar-refractivity contribution is 6.33. The molecule has 0 aliphatic carbocycles. The van der Waals surface area contributed by atoms with Gasteiger partial charge in [-0.05, 0) is 24.3 Å². The van der Waals surface area contributed by atoms with Gasteiger partial charge in [0.25, 0.3) is 0 Å². The van der Waals surface area contributed by atoms with Gasteiger partial charge in [-0.2, -0.15) is 0 Å². The summed E-state index contributed by atoms with van der Waals surface area (Å²) < 4.78 is 5.52. The summed E-state index contributed by atoms with van der Waals surface area (Å²) in [5, 5.41) is 0.492. The zero-order valence-electron chi connectivity index (χ0n) is 8.35. The van der Waals surface area contributed by atoms with Crippen molar-refractivity contribution in [1.82, 2.24) is 4.98 Å². The number of nitrogens with two attached hydrogens (primary N) is 2. The summed E-state index contributed by atoms with van der Waals surface area (Å²) in [5.74, 6) is 1.39. The third kappa shape index (κ3) is 2.17. The molecule has 4 nitrogen and oxygen atoms in total. The van der Waals surface area contributed by atoms with E-state index in [1.165, 1.54) is 0 Å². The number of halogens is 1. The number of pyridine rings is 1. The predicted molar refractivity (Wildman–Crippen MR) is 64.6 cm³/mol. The Balaban J connectivity index is 2.28. The zero-order valence-corrected chi connectivity index (χ0v) is 9.11. The lowest BCUT2D eigenvalue weighted by Gasteiger charge is -2.08. The molecule has 1 aromatic carbocycles. The number of rotatable bonds is 2. The van der Waals surface area contributed by atoms with Gasteiger partial charge < -0.3 is 16.2 Å². The van der Waals surface area contributed by atoms with E-state index in [0.29, 0.717) is 28.0 Å². The minimum absolute atomic E-state index is 0.330. The Hall–Kier alpha value is -1.94. The quantitative estimate of drug-likeness (QED) is 0.785. The highest BCUT2D eigenvalue weighted by Gasteiger charge is 2.03. The molecule has 0 radical (unpaired) electrons. The smallest absolute Gasteiger partial charge is 0.169 e. The first-order chi connectivity index (χ1) is 7.66. The van der Waals surface area contributed by atoms with Crippen LogP contribution in [0.1, 0.15) is 0 Å². The summed E-state index contributed by atoms with van der Waals surface area (Å²) in [6, 6.07) is 8.48. The van der Waals surface area contributed by atoms with Crippen LogP contribution in [-0.2, 0) is 0 Å². The first kappa shape index (κ1) is 10.6. The van der Waals surface area contributed by atoms with Gasteiger partial charge >= 0.3 is 0 Å². The maximum absolute atomic E-state index is 5.80. The van der Waals surface area contributed by atoms with Crippen molar-refractivity contribution in [2.75, 3.05) is 11.5 Å². The van der Waals surface area contributed by atoms with E-state index >= 15 is 0 Å². The van der Waals surface area contributed by atoms with Crippen molar-refractivity contribution < 1.29 is 4.74 Å². The van der Waals surface area contributed by atoms with Crippen LogP contribution in [0, 0.1) is 0 Å². The van der Waals surface area contributed by atoms with Gasteiger partial charge in [0.15, 0.2) is 11.6 Å². The van der Waals surface area contributed by atoms with E-state index in [4.69, 9.17) is 27.8 Å². The number of benzene rings is 1.